The van der Waals surface area contributed by atoms with Crippen LogP contribution in [0.3, 0.4) is 0 Å². The number of hydrogen-bond donors (Lipinski definition) is 2. The van der Waals surface area contributed by atoms with E-state index in [0.717, 1.165) is 0 Å². The molecule has 2 N–H and O–H groups in total. The zero-order valence-corrected chi connectivity index (χ0v) is 13.7. The van der Waals surface area contributed by atoms with E-state index in [1.165, 1.54) is 5.32 Å². The molecule has 1 aliphatic carbocycles. The third kappa shape index (κ3) is 7.15. The summed E-state index contributed by atoms with van der Waals surface area (Å²) >= 11 is 0. The molecule has 0 bridgehead atoms. The van der Waals surface area contributed by atoms with E-state index in [0.29, 0.717) is 30.8 Å². The van der Waals surface area contributed by atoms with Crippen LogP contribution in [0.25, 0.3) is 0 Å². The molecule has 0 aliphatic heterocycles. The van der Waals surface area contributed by atoms with E-state index >= 15 is 0 Å². The van der Waals surface area contributed by atoms with E-state index in [-0.39, 0.29) is 25.2 Å². The minimum atomic E-state index is -4.47. The van der Waals surface area contributed by atoms with Gasteiger partial charge >= 0.3 is 6.30 Å². The van der Waals surface area contributed by atoms with Gasteiger partial charge in [0.05, 0.1) is 12.7 Å². The Kier molecular flexibility index (Phi) is 6.62. The minimum Gasteiger partial charge on any atom is -0.493 e. The Hall–Kier alpha value is -1.41. The van der Waals surface area contributed by atoms with Crippen LogP contribution >= 0.6 is 0 Å². The highest BCUT2D eigenvalue weighted by Crippen LogP contribution is 2.36. The van der Waals surface area contributed by atoms with Gasteiger partial charge in [0.25, 0.3) is 0 Å². The lowest BCUT2D eigenvalue weighted by molar-refractivity contribution is -0.157. The van der Waals surface area contributed by atoms with Crippen molar-refractivity contribution in [3.63, 3.8) is 0 Å². The van der Waals surface area contributed by atoms with Crippen molar-refractivity contribution in [1.29, 1.82) is 0 Å². The van der Waals surface area contributed by atoms with Gasteiger partial charge in [0, 0.05) is 19.4 Å². The van der Waals surface area contributed by atoms with Crippen LogP contribution in [0.2, 0.25) is 0 Å². The maximum Gasteiger partial charge on any atom is 0.457 e. The molecule has 0 aromatic heterocycles. The Balaban J connectivity index is 1.80. The fourth-order valence-corrected chi connectivity index (χ4v) is 2.81. The molecule has 2 rings (SSSR count). The van der Waals surface area contributed by atoms with Crippen LogP contribution in [0.1, 0.15) is 43.8 Å². The Bertz CT molecular complexity index is 540. The summed E-state index contributed by atoms with van der Waals surface area (Å²) in [5.74, 6) is -2.05. The number of ether oxygens (including phenoxy) is 1. The maximum absolute atomic E-state index is 13.1. The molecule has 142 valence electrons. The molecule has 1 aliphatic rings. The summed E-state index contributed by atoms with van der Waals surface area (Å²) < 4.78 is 68.0. The molecule has 1 atom stereocenters. The topological polar surface area (TPSA) is 41.5 Å². The van der Waals surface area contributed by atoms with Crippen molar-refractivity contribution in [2.45, 2.75) is 50.4 Å². The minimum absolute atomic E-state index is 0.0594. The monoisotopic (exact) mass is 367 g/mol. The third-order valence-corrected chi connectivity index (χ3v) is 4.31. The summed E-state index contributed by atoms with van der Waals surface area (Å²) in [6, 6.07) is 6.48. The Morgan fingerprint density at radius 1 is 1.24 bits per heavy atom. The molecule has 1 aromatic rings. The lowest BCUT2D eigenvalue weighted by Gasteiger charge is -2.28. The van der Waals surface area contributed by atoms with Gasteiger partial charge in [0.2, 0.25) is 5.92 Å². The van der Waals surface area contributed by atoms with E-state index in [9.17, 15) is 27.1 Å². The molecular formula is C17H22F5NO2. The number of nitrogens with one attached hydrogen (secondary N) is 1. The van der Waals surface area contributed by atoms with Gasteiger partial charge in [-0.05, 0) is 42.9 Å². The van der Waals surface area contributed by atoms with Crippen molar-refractivity contribution in [2.24, 2.45) is 5.92 Å². The van der Waals surface area contributed by atoms with Gasteiger partial charge < -0.3 is 9.84 Å². The van der Waals surface area contributed by atoms with Crippen LogP contribution in [0.4, 0.5) is 22.0 Å². The zero-order valence-electron chi connectivity index (χ0n) is 13.7. The van der Waals surface area contributed by atoms with Crippen molar-refractivity contribution in [3.8, 4) is 5.75 Å². The van der Waals surface area contributed by atoms with Crippen molar-refractivity contribution in [3.05, 3.63) is 29.8 Å². The van der Waals surface area contributed by atoms with E-state index < -0.39 is 24.9 Å². The molecule has 0 spiro atoms. The first-order chi connectivity index (χ1) is 11.6. The lowest BCUT2D eigenvalue weighted by atomic mass is 9.87. The summed E-state index contributed by atoms with van der Waals surface area (Å²) in [6.07, 6.45) is -5.08. The number of halogens is 5. The zero-order chi connectivity index (χ0) is 18.5. The Labute approximate surface area is 143 Å². The first-order valence-corrected chi connectivity index (χ1v) is 8.25. The molecule has 8 heteroatoms. The van der Waals surface area contributed by atoms with Crippen LogP contribution in [0.15, 0.2) is 24.3 Å². The molecule has 1 aromatic carbocycles. The molecule has 1 fully saturated rings. The van der Waals surface area contributed by atoms with Gasteiger partial charge in [-0.15, -0.1) is 0 Å². The van der Waals surface area contributed by atoms with Gasteiger partial charge in [-0.3, -0.25) is 0 Å². The van der Waals surface area contributed by atoms with Crippen LogP contribution < -0.4 is 10.1 Å². The summed E-state index contributed by atoms with van der Waals surface area (Å²) in [4.78, 5) is 0. The first kappa shape index (κ1) is 19.9. The molecule has 25 heavy (non-hydrogen) atoms. The van der Waals surface area contributed by atoms with Gasteiger partial charge in [-0.1, -0.05) is 12.1 Å². The van der Waals surface area contributed by atoms with Crippen molar-refractivity contribution < 1.29 is 31.8 Å². The van der Waals surface area contributed by atoms with Gasteiger partial charge in [-0.25, -0.2) is 14.1 Å². The quantitative estimate of drug-likeness (QED) is 0.554. The summed E-state index contributed by atoms with van der Waals surface area (Å²) in [5, 5.41) is 11.3. The number of hydrogen-bond acceptors (Lipinski definition) is 3. The maximum atomic E-state index is 13.1. The highest BCUT2D eigenvalue weighted by molar-refractivity contribution is 5.29. The van der Waals surface area contributed by atoms with Gasteiger partial charge in [0.15, 0.2) is 0 Å². The lowest BCUT2D eigenvalue weighted by Crippen LogP contribution is -2.32. The van der Waals surface area contributed by atoms with Crippen molar-refractivity contribution in [1.82, 2.24) is 5.32 Å². The number of aliphatic hydroxyl groups is 1. The van der Waals surface area contributed by atoms with Crippen molar-refractivity contribution >= 4 is 0 Å². The van der Waals surface area contributed by atoms with E-state index in [4.69, 9.17) is 4.74 Å². The summed E-state index contributed by atoms with van der Waals surface area (Å²) in [5.41, 5.74) is 0.455. The molecule has 0 saturated heterocycles. The van der Waals surface area contributed by atoms with Crippen LogP contribution in [0.5, 0.6) is 5.75 Å². The third-order valence-electron chi connectivity index (χ3n) is 4.31. The van der Waals surface area contributed by atoms with Gasteiger partial charge in [0.1, 0.15) is 5.75 Å². The van der Waals surface area contributed by atoms with Crippen LogP contribution in [-0.2, 0) is 0 Å². The largest absolute Gasteiger partial charge is 0.493 e. The standard InChI is InChI=1S/C17H22F5NO2/c18-16(19)7-4-12(5-8-16)11-25-14-3-1-2-13(10-14)15(24)6-9-23-17(20,21)22/h1-3,10,12,15,23-24H,4-9,11H2/t15-/m0/s1. The van der Waals surface area contributed by atoms with Crippen LogP contribution in [0, 0.1) is 5.92 Å². The van der Waals surface area contributed by atoms with E-state index in [1.54, 1.807) is 24.3 Å². The SMILES string of the molecule is O[C@@H](CCNC(F)(F)F)c1cccc(OCC2CCC(F)(F)CC2)c1. The Morgan fingerprint density at radius 3 is 2.56 bits per heavy atom. The predicted octanol–water partition coefficient (Wildman–Crippen LogP) is 4.42. The fraction of sp³-hybridized carbons (Fsp3) is 0.647. The second kappa shape index (κ2) is 8.31. The number of rotatable bonds is 7. The normalized spacial score (nSPS) is 19.6. The first-order valence-electron chi connectivity index (χ1n) is 8.25. The molecular weight excluding hydrogens is 345 g/mol. The second-order valence-electron chi connectivity index (χ2n) is 6.41. The molecule has 0 radical (unpaired) electrons. The summed E-state index contributed by atoms with van der Waals surface area (Å²) in [7, 11) is 0. The molecule has 0 heterocycles. The average molecular weight is 367 g/mol. The van der Waals surface area contributed by atoms with Crippen molar-refractivity contribution in [2.75, 3.05) is 13.2 Å². The molecule has 3 nitrogen and oxygen atoms in total. The van der Waals surface area contributed by atoms with E-state index in [2.05, 4.69) is 0 Å². The molecule has 0 amide bonds. The number of alkyl halides is 5. The van der Waals surface area contributed by atoms with Crippen LogP contribution in [-0.4, -0.2) is 30.5 Å². The molecule has 0 unspecified atom stereocenters. The average Bonchev–Trinajstić information content (AvgIpc) is 2.53. The predicted molar refractivity (Wildman–Crippen MR) is 82.5 cm³/mol. The Morgan fingerprint density at radius 2 is 1.92 bits per heavy atom. The van der Waals surface area contributed by atoms with Gasteiger partial charge in [-0.2, -0.15) is 13.2 Å². The molecule has 1 saturated carbocycles. The highest BCUT2D eigenvalue weighted by Gasteiger charge is 2.35. The number of benzene rings is 1. The summed E-state index contributed by atoms with van der Waals surface area (Å²) in [6.45, 7) is -0.0860. The second-order valence-corrected chi connectivity index (χ2v) is 6.41. The fourth-order valence-electron chi connectivity index (χ4n) is 2.81. The smallest absolute Gasteiger partial charge is 0.457 e. The highest BCUT2D eigenvalue weighted by atomic mass is 19.4. The van der Waals surface area contributed by atoms with E-state index in [1.807, 2.05) is 0 Å². The number of aliphatic hydroxyl groups excluding tert-OH is 1.